The Bertz CT molecular complexity index is 408. The topological polar surface area (TPSA) is 36.0 Å². The average Bonchev–Trinajstić information content (AvgIpc) is 2.48. The van der Waals surface area contributed by atoms with E-state index < -0.39 is 0 Å². The number of hydrogen-bond acceptors (Lipinski definition) is 1. The number of aryl methyl sites for hydroxylation is 1. The summed E-state index contributed by atoms with van der Waals surface area (Å²) < 4.78 is 0. The number of nitrogens with one attached hydrogen (secondary N) is 1. The van der Waals surface area contributed by atoms with Crippen molar-refractivity contribution in [3.63, 3.8) is 0 Å². The van der Waals surface area contributed by atoms with E-state index in [1.165, 1.54) is 0 Å². The van der Waals surface area contributed by atoms with E-state index in [2.05, 4.69) is 4.98 Å². The molecule has 0 aliphatic rings. The molecule has 1 aromatic heterocycles. The second-order valence-corrected chi connectivity index (χ2v) is 3.55. The van der Waals surface area contributed by atoms with Crippen molar-refractivity contribution in [1.29, 1.82) is 0 Å². The Morgan fingerprint density at radius 1 is 1.38 bits per heavy atom. The smallest absolute Gasteiger partial charge is 0.0831 e. The Balaban J connectivity index is 2.70. The van der Waals surface area contributed by atoms with Gasteiger partial charge < -0.3 is 10.1 Å². The van der Waals surface area contributed by atoms with Crippen molar-refractivity contribution in [3.05, 3.63) is 34.5 Å². The van der Waals surface area contributed by atoms with Crippen LogP contribution >= 0.6 is 11.6 Å². The highest BCUT2D eigenvalue weighted by Gasteiger charge is 2.02. The highest BCUT2D eigenvalue weighted by atomic mass is 35.5. The van der Waals surface area contributed by atoms with Crippen LogP contribution in [0.4, 0.5) is 0 Å². The minimum atomic E-state index is 0.0331. The van der Waals surface area contributed by atoms with Crippen molar-refractivity contribution < 1.29 is 5.11 Å². The molecule has 1 heterocycles. The fraction of sp³-hybridized carbons (Fsp3) is 0.200. The lowest BCUT2D eigenvalue weighted by Gasteiger charge is -1.96. The van der Waals surface area contributed by atoms with Gasteiger partial charge in [-0.1, -0.05) is 11.6 Å². The molecule has 0 aliphatic carbocycles. The van der Waals surface area contributed by atoms with Crippen molar-refractivity contribution in [2.45, 2.75) is 13.5 Å². The Kier molecular flexibility index (Phi) is 2.02. The normalized spacial score (nSPS) is 11.0. The van der Waals surface area contributed by atoms with Crippen LogP contribution in [0.15, 0.2) is 18.2 Å². The Hall–Kier alpha value is -0.990. The number of hydrogen-bond donors (Lipinski definition) is 2. The zero-order valence-corrected chi connectivity index (χ0v) is 8.02. The van der Waals surface area contributed by atoms with Crippen molar-refractivity contribution >= 4 is 22.5 Å². The third kappa shape index (κ3) is 1.43. The van der Waals surface area contributed by atoms with Gasteiger partial charge in [-0.25, -0.2) is 0 Å². The number of halogens is 1. The van der Waals surface area contributed by atoms with Crippen LogP contribution in [0.25, 0.3) is 10.9 Å². The van der Waals surface area contributed by atoms with Gasteiger partial charge in [-0.2, -0.15) is 0 Å². The van der Waals surface area contributed by atoms with Crippen LogP contribution < -0.4 is 0 Å². The van der Waals surface area contributed by atoms with Gasteiger partial charge >= 0.3 is 0 Å². The standard InChI is InChI=1S/C10H10ClNO/c1-6-2-7-3-8(5-13)12-10(7)4-9(6)11/h2-4,12-13H,5H2,1H3. The summed E-state index contributed by atoms with van der Waals surface area (Å²) in [6.45, 7) is 2.00. The lowest BCUT2D eigenvalue weighted by molar-refractivity contribution is 0.278. The Labute approximate surface area is 81.1 Å². The predicted molar refractivity (Wildman–Crippen MR) is 54.0 cm³/mol. The zero-order valence-electron chi connectivity index (χ0n) is 7.26. The van der Waals surface area contributed by atoms with Crippen molar-refractivity contribution in [1.82, 2.24) is 4.98 Å². The summed E-state index contributed by atoms with van der Waals surface area (Å²) in [7, 11) is 0. The van der Waals surface area contributed by atoms with Gasteiger partial charge in [-0.05, 0) is 30.7 Å². The molecule has 0 unspecified atom stereocenters. The largest absolute Gasteiger partial charge is 0.390 e. The maximum atomic E-state index is 8.91. The van der Waals surface area contributed by atoms with E-state index in [-0.39, 0.29) is 6.61 Å². The first kappa shape index (κ1) is 8.60. The third-order valence-electron chi connectivity index (χ3n) is 2.13. The van der Waals surface area contributed by atoms with Gasteiger partial charge in [0.2, 0.25) is 0 Å². The number of rotatable bonds is 1. The van der Waals surface area contributed by atoms with Gasteiger partial charge in [0.15, 0.2) is 0 Å². The molecule has 0 radical (unpaired) electrons. The van der Waals surface area contributed by atoms with E-state index in [1.54, 1.807) is 0 Å². The zero-order chi connectivity index (χ0) is 9.42. The average molecular weight is 196 g/mol. The summed E-state index contributed by atoms with van der Waals surface area (Å²) in [5.74, 6) is 0. The molecule has 2 nitrogen and oxygen atoms in total. The van der Waals surface area contributed by atoms with E-state index in [0.29, 0.717) is 0 Å². The number of H-pyrrole nitrogens is 1. The van der Waals surface area contributed by atoms with E-state index in [9.17, 15) is 0 Å². The fourth-order valence-corrected chi connectivity index (χ4v) is 1.58. The summed E-state index contributed by atoms with van der Waals surface area (Å²) in [5, 5.41) is 10.8. The van der Waals surface area contributed by atoms with Gasteiger partial charge in [-0.3, -0.25) is 0 Å². The molecule has 2 aromatic rings. The van der Waals surface area contributed by atoms with E-state index >= 15 is 0 Å². The first-order valence-corrected chi connectivity index (χ1v) is 4.47. The van der Waals surface area contributed by atoms with Crippen molar-refractivity contribution in [3.8, 4) is 0 Å². The molecule has 2 N–H and O–H groups in total. The number of aliphatic hydroxyl groups excluding tert-OH is 1. The molecule has 0 spiro atoms. The molecule has 0 bridgehead atoms. The molecule has 13 heavy (non-hydrogen) atoms. The monoisotopic (exact) mass is 195 g/mol. The first-order chi connectivity index (χ1) is 6.20. The van der Waals surface area contributed by atoms with E-state index in [0.717, 1.165) is 27.2 Å². The molecule has 3 heteroatoms. The lowest BCUT2D eigenvalue weighted by atomic mass is 10.2. The summed E-state index contributed by atoms with van der Waals surface area (Å²) in [6.07, 6.45) is 0. The second-order valence-electron chi connectivity index (χ2n) is 3.14. The lowest BCUT2D eigenvalue weighted by Crippen LogP contribution is -1.79. The number of aromatic amines is 1. The van der Waals surface area contributed by atoms with Gasteiger partial charge in [0.1, 0.15) is 0 Å². The number of benzene rings is 1. The van der Waals surface area contributed by atoms with Crippen molar-refractivity contribution in [2.75, 3.05) is 0 Å². The number of fused-ring (bicyclic) bond motifs is 1. The minimum Gasteiger partial charge on any atom is -0.390 e. The minimum absolute atomic E-state index is 0.0331. The molecular weight excluding hydrogens is 186 g/mol. The highest BCUT2D eigenvalue weighted by Crippen LogP contribution is 2.23. The van der Waals surface area contributed by atoms with E-state index in [1.807, 2.05) is 25.1 Å². The van der Waals surface area contributed by atoms with Gasteiger partial charge in [-0.15, -0.1) is 0 Å². The maximum Gasteiger partial charge on any atom is 0.0831 e. The molecule has 2 rings (SSSR count). The van der Waals surface area contributed by atoms with Crippen molar-refractivity contribution in [2.24, 2.45) is 0 Å². The van der Waals surface area contributed by atoms with Gasteiger partial charge in [0.05, 0.1) is 6.61 Å². The Morgan fingerprint density at radius 2 is 2.15 bits per heavy atom. The molecule has 0 amide bonds. The third-order valence-corrected chi connectivity index (χ3v) is 2.53. The Morgan fingerprint density at radius 3 is 2.85 bits per heavy atom. The fourth-order valence-electron chi connectivity index (χ4n) is 1.41. The molecular formula is C10H10ClNO. The summed E-state index contributed by atoms with van der Waals surface area (Å²) in [6, 6.07) is 5.82. The molecule has 0 saturated heterocycles. The molecule has 0 saturated carbocycles. The van der Waals surface area contributed by atoms with Crippen LogP contribution in [-0.2, 0) is 6.61 Å². The second kappa shape index (κ2) is 3.05. The van der Waals surface area contributed by atoms with Crippen LogP contribution in [-0.4, -0.2) is 10.1 Å². The molecule has 0 aliphatic heterocycles. The van der Waals surface area contributed by atoms with Crippen LogP contribution in [0.3, 0.4) is 0 Å². The van der Waals surface area contributed by atoms with E-state index in [4.69, 9.17) is 16.7 Å². The van der Waals surface area contributed by atoms with Crippen LogP contribution in [0.2, 0.25) is 5.02 Å². The highest BCUT2D eigenvalue weighted by molar-refractivity contribution is 6.32. The molecule has 1 aromatic carbocycles. The summed E-state index contributed by atoms with van der Waals surface area (Å²) in [4.78, 5) is 3.08. The quantitative estimate of drug-likeness (QED) is 0.721. The van der Waals surface area contributed by atoms with Gasteiger partial charge in [0.25, 0.3) is 0 Å². The van der Waals surface area contributed by atoms with Gasteiger partial charge in [0, 0.05) is 21.6 Å². The number of aromatic nitrogens is 1. The van der Waals surface area contributed by atoms with Crippen LogP contribution in [0.1, 0.15) is 11.3 Å². The first-order valence-electron chi connectivity index (χ1n) is 4.09. The summed E-state index contributed by atoms with van der Waals surface area (Å²) >= 11 is 5.96. The van der Waals surface area contributed by atoms with Crippen LogP contribution in [0.5, 0.6) is 0 Å². The number of aliphatic hydroxyl groups is 1. The predicted octanol–water partition coefficient (Wildman–Crippen LogP) is 2.62. The molecule has 68 valence electrons. The van der Waals surface area contributed by atoms with Crippen LogP contribution in [0, 0.1) is 6.92 Å². The summed E-state index contributed by atoms with van der Waals surface area (Å²) in [5.41, 5.74) is 2.84. The molecule has 0 fully saturated rings. The molecule has 0 atom stereocenters. The SMILES string of the molecule is Cc1cc2cc(CO)[nH]c2cc1Cl. The maximum absolute atomic E-state index is 8.91.